The van der Waals surface area contributed by atoms with Gasteiger partial charge in [-0.15, -0.1) is 0 Å². The Bertz CT molecular complexity index is 1680. The average Bonchev–Trinajstić information content (AvgIpc) is 2.94. The predicted octanol–water partition coefficient (Wildman–Crippen LogP) is 7.07. The van der Waals surface area contributed by atoms with Gasteiger partial charge in [-0.3, -0.25) is 4.55 Å². The molecule has 228 valence electrons. The van der Waals surface area contributed by atoms with Crippen molar-refractivity contribution < 1.29 is 58.3 Å². The summed E-state index contributed by atoms with van der Waals surface area (Å²) < 4.78 is 137. The molecule has 2 atom stereocenters. The number of hydrogen-bond donors (Lipinski definition) is 2. The minimum Gasteiger partial charge on any atom is -0.490 e. The zero-order valence-electron chi connectivity index (χ0n) is 21.7. The zero-order valence-corrected chi connectivity index (χ0v) is 23.3. The van der Waals surface area contributed by atoms with E-state index in [2.05, 4.69) is 0 Å². The Morgan fingerprint density at radius 3 is 1.60 bits per heavy atom. The summed E-state index contributed by atoms with van der Waals surface area (Å²) >= 11 is 0. The molecular weight excluding hydrogens is 629 g/mol. The molecule has 0 fully saturated rings. The molecule has 15 heteroatoms. The average molecular weight is 650 g/mol. The second kappa shape index (κ2) is 12.1. The van der Waals surface area contributed by atoms with Crippen molar-refractivity contribution in [2.75, 3.05) is 6.61 Å². The summed E-state index contributed by atoms with van der Waals surface area (Å²) in [4.78, 5) is -0.102. The van der Waals surface area contributed by atoms with Gasteiger partial charge in [0.25, 0.3) is 0 Å². The molecule has 4 aromatic carbocycles. The standard InChI is InChI=1S/C28H19F7O6S2/c1-27(36,28(33,34)35)15-40-16-7-11-19(12-8-16)42(18-5-3-2-4-6-18)20-13-9-17(10-14-20)41-25-21(29)23(31)26(43(37,38)39)24(32)22(25)30/h2-14,36H,15H2,1H3/p+1. The van der Waals surface area contributed by atoms with Crippen LogP contribution in [0.4, 0.5) is 30.7 Å². The molecule has 0 spiro atoms. The number of aliphatic hydroxyl groups is 1. The molecule has 2 N–H and O–H groups in total. The van der Waals surface area contributed by atoms with E-state index in [1.165, 1.54) is 36.4 Å². The van der Waals surface area contributed by atoms with Crippen molar-refractivity contribution in [3.8, 4) is 17.2 Å². The van der Waals surface area contributed by atoms with E-state index in [1.807, 2.05) is 12.1 Å². The van der Waals surface area contributed by atoms with Crippen molar-refractivity contribution >= 4 is 21.0 Å². The maximum absolute atomic E-state index is 14.4. The fraction of sp³-hybridized carbons (Fsp3) is 0.143. The Morgan fingerprint density at radius 2 is 1.16 bits per heavy atom. The molecule has 0 saturated carbocycles. The number of hydrogen-bond acceptors (Lipinski definition) is 5. The summed E-state index contributed by atoms with van der Waals surface area (Å²) in [7, 11) is -6.48. The minimum atomic E-state index is -5.63. The molecule has 0 saturated heterocycles. The topological polar surface area (TPSA) is 93.1 Å². The van der Waals surface area contributed by atoms with Crippen molar-refractivity contribution in [3.63, 3.8) is 0 Å². The van der Waals surface area contributed by atoms with Crippen LogP contribution >= 0.6 is 0 Å². The monoisotopic (exact) mass is 649 g/mol. The lowest BCUT2D eigenvalue weighted by Gasteiger charge is -2.26. The lowest BCUT2D eigenvalue weighted by molar-refractivity contribution is -0.260. The van der Waals surface area contributed by atoms with Crippen LogP contribution < -0.4 is 9.47 Å². The van der Waals surface area contributed by atoms with E-state index >= 15 is 0 Å². The molecule has 0 aromatic heterocycles. The summed E-state index contributed by atoms with van der Waals surface area (Å²) in [6, 6.07) is 20.5. The Morgan fingerprint density at radius 1 is 0.721 bits per heavy atom. The van der Waals surface area contributed by atoms with Gasteiger partial charge in [0.1, 0.15) is 18.1 Å². The Labute approximate surface area is 243 Å². The summed E-state index contributed by atoms with van der Waals surface area (Å²) in [5.74, 6) is -10.9. The van der Waals surface area contributed by atoms with Crippen LogP contribution in [0.5, 0.6) is 17.2 Å². The first kappa shape index (κ1) is 32.1. The lowest BCUT2D eigenvalue weighted by atomic mass is 10.1. The van der Waals surface area contributed by atoms with Crippen LogP contribution in [0.3, 0.4) is 0 Å². The Balaban J connectivity index is 1.63. The molecule has 43 heavy (non-hydrogen) atoms. The van der Waals surface area contributed by atoms with Gasteiger partial charge in [0.05, 0.1) is 10.9 Å². The van der Waals surface area contributed by atoms with Crippen molar-refractivity contribution in [3.05, 3.63) is 102 Å². The number of halogens is 7. The zero-order chi connectivity index (χ0) is 31.7. The predicted molar refractivity (Wildman–Crippen MR) is 140 cm³/mol. The largest absolute Gasteiger partial charge is 0.490 e. The van der Waals surface area contributed by atoms with E-state index in [-0.39, 0.29) is 11.5 Å². The number of ether oxygens (including phenoxy) is 2. The minimum absolute atomic E-state index is 0.0668. The van der Waals surface area contributed by atoms with Crippen molar-refractivity contribution in [2.24, 2.45) is 0 Å². The summed E-state index contributed by atoms with van der Waals surface area (Å²) in [5, 5.41) is 9.60. The van der Waals surface area contributed by atoms with Gasteiger partial charge in [-0.05, 0) is 67.6 Å². The van der Waals surface area contributed by atoms with Gasteiger partial charge in [-0.1, -0.05) is 18.2 Å². The molecule has 0 bridgehead atoms. The normalized spacial score (nSPS) is 14.2. The van der Waals surface area contributed by atoms with Gasteiger partial charge in [0, 0.05) is 0 Å². The van der Waals surface area contributed by atoms with E-state index in [4.69, 9.17) is 14.0 Å². The molecule has 0 aliphatic rings. The Hall–Kier alpha value is -3.79. The molecular formula is C28H20F7O6S2+. The van der Waals surface area contributed by atoms with Gasteiger partial charge in [0.15, 0.2) is 36.8 Å². The third kappa shape index (κ3) is 6.90. The molecule has 4 aromatic rings. The van der Waals surface area contributed by atoms with Crippen LogP contribution in [-0.4, -0.2) is 36.5 Å². The molecule has 2 unspecified atom stereocenters. The quantitative estimate of drug-likeness (QED) is 0.0873. The highest BCUT2D eigenvalue weighted by atomic mass is 32.2. The number of alkyl halides is 3. The fourth-order valence-electron chi connectivity index (χ4n) is 3.61. The van der Waals surface area contributed by atoms with Crippen molar-refractivity contribution in [2.45, 2.75) is 38.3 Å². The van der Waals surface area contributed by atoms with Gasteiger partial charge < -0.3 is 14.6 Å². The van der Waals surface area contributed by atoms with Gasteiger partial charge >= 0.3 is 16.3 Å². The van der Waals surface area contributed by atoms with E-state index in [1.54, 1.807) is 30.3 Å². The van der Waals surface area contributed by atoms with E-state index in [0.29, 0.717) is 16.7 Å². The van der Waals surface area contributed by atoms with E-state index < -0.39 is 73.3 Å². The number of rotatable bonds is 9. The molecule has 0 aliphatic heterocycles. The van der Waals surface area contributed by atoms with Gasteiger partial charge in [0.2, 0.25) is 17.4 Å². The first-order valence-electron chi connectivity index (χ1n) is 11.9. The second-order valence-electron chi connectivity index (χ2n) is 9.11. The molecule has 0 aliphatic carbocycles. The first-order chi connectivity index (χ1) is 20.0. The van der Waals surface area contributed by atoms with E-state index in [9.17, 15) is 44.3 Å². The lowest BCUT2D eigenvalue weighted by Crippen LogP contribution is -2.47. The van der Waals surface area contributed by atoms with Gasteiger partial charge in [-0.2, -0.15) is 30.4 Å². The Kier molecular flexibility index (Phi) is 9.02. The summed E-state index contributed by atoms with van der Waals surface area (Å²) in [6.07, 6.45) is -4.90. The molecule has 6 nitrogen and oxygen atoms in total. The fourth-order valence-corrected chi connectivity index (χ4v) is 6.31. The number of benzene rings is 4. The second-order valence-corrected chi connectivity index (χ2v) is 12.5. The van der Waals surface area contributed by atoms with Crippen LogP contribution in [0.25, 0.3) is 0 Å². The summed E-state index contributed by atoms with van der Waals surface area (Å²) in [6.45, 7) is -0.443. The first-order valence-corrected chi connectivity index (χ1v) is 14.6. The highest BCUT2D eigenvalue weighted by Crippen LogP contribution is 2.37. The molecule has 0 radical (unpaired) electrons. The molecule has 0 heterocycles. The third-order valence-corrected chi connectivity index (χ3v) is 8.99. The van der Waals surface area contributed by atoms with Crippen LogP contribution in [0.15, 0.2) is 98.4 Å². The SMILES string of the molecule is CC(O)(COc1ccc([S+](c2ccccc2)c2ccc(Oc3c(F)c(F)c(S(=O)(=O)O)c(F)c3F)cc2)cc1)C(F)(F)F. The molecule has 4 rings (SSSR count). The maximum Gasteiger partial charge on any atom is 0.420 e. The molecule has 0 amide bonds. The maximum atomic E-state index is 14.4. The highest BCUT2D eigenvalue weighted by Gasteiger charge is 2.50. The smallest absolute Gasteiger partial charge is 0.420 e. The highest BCUT2D eigenvalue weighted by molar-refractivity contribution is 7.97. The van der Waals surface area contributed by atoms with Gasteiger partial charge in [-0.25, -0.2) is 8.78 Å². The van der Waals surface area contributed by atoms with Crippen LogP contribution in [0, 0.1) is 23.3 Å². The van der Waals surface area contributed by atoms with E-state index in [0.717, 1.165) is 4.90 Å². The van der Waals surface area contributed by atoms with Crippen LogP contribution in [0.2, 0.25) is 0 Å². The third-order valence-electron chi connectivity index (χ3n) is 5.89. The van der Waals surface area contributed by atoms with Crippen molar-refractivity contribution in [1.29, 1.82) is 0 Å². The van der Waals surface area contributed by atoms with Crippen molar-refractivity contribution in [1.82, 2.24) is 0 Å². The summed E-state index contributed by atoms with van der Waals surface area (Å²) in [5.41, 5.74) is -3.06. The van der Waals surface area contributed by atoms with Crippen LogP contribution in [0.1, 0.15) is 6.92 Å². The van der Waals surface area contributed by atoms with Crippen LogP contribution in [-0.2, 0) is 21.0 Å².